The third kappa shape index (κ3) is 3.14. The molecule has 27 heavy (non-hydrogen) atoms. The number of pyridine rings is 1. The van der Waals surface area contributed by atoms with Crippen molar-refractivity contribution in [2.45, 2.75) is 24.8 Å². The molecule has 4 nitrogen and oxygen atoms in total. The van der Waals surface area contributed by atoms with Gasteiger partial charge in [-0.2, -0.15) is 0 Å². The van der Waals surface area contributed by atoms with Gasteiger partial charge >= 0.3 is 0 Å². The van der Waals surface area contributed by atoms with Gasteiger partial charge in [0.25, 0.3) is 11.8 Å². The van der Waals surface area contributed by atoms with Gasteiger partial charge in [0.15, 0.2) is 0 Å². The SMILES string of the molecule is O=C(NC1CC(F)(F)C1)c1cc2cccnc2n1-c1cc(F)c(Cl)c(F)c1. The summed E-state index contributed by atoms with van der Waals surface area (Å²) in [6.07, 6.45) is 0.582. The summed E-state index contributed by atoms with van der Waals surface area (Å²) in [4.78, 5) is 16.8. The van der Waals surface area contributed by atoms with Gasteiger partial charge in [-0.3, -0.25) is 9.36 Å². The van der Waals surface area contributed by atoms with Gasteiger partial charge < -0.3 is 5.32 Å². The van der Waals surface area contributed by atoms with Gasteiger partial charge in [0.1, 0.15) is 28.0 Å². The number of fused-ring (bicyclic) bond motifs is 1. The smallest absolute Gasteiger partial charge is 0.268 e. The lowest BCUT2D eigenvalue weighted by atomic mass is 9.88. The lowest BCUT2D eigenvalue weighted by Crippen LogP contribution is -2.50. The molecule has 0 bridgehead atoms. The summed E-state index contributed by atoms with van der Waals surface area (Å²) in [5.41, 5.74) is 0.329. The zero-order valence-corrected chi connectivity index (χ0v) is 14.4. The average molecular weight is 398 g/mol. The summed E-state index contributed by atoms with van der Waals surface area (Å²) < 4.78 is 55.2. The number of halogens is 5. The highest BCUT2D eigenvalue weighted by molar-refractivity contribution is 6.30. The molecule has 9 heteroatoms. The fourth-order valence-corrected chi connectivity index (χ4v) is 3.27. The quantitative estimate of drug-likeness (QED) is 0.523. The number of nitrogens with one attached hydrogen (secondary N) is 1. The summed E-state index contributed by atoms with van der Waals surface area (Å²) in [6.45, 7) is 0. The molecule has 2 heterocycles. The van der Waals surface area contributed by atoms with E-state index in [-0.39, 0.29) is 11.4 Å². The van der Waals surface area contributed by atoms with Crippen LogP contribution in [0.15, 0.2) is 36.5 Å². The summed E-state index contributed by atoms with van der Waals surface area (Å²) in [7, 11) is 0. The van der Waals surface area contributed by atoms with Crippen LogP contribution in [-0.4, -0.2) is 27.4 Å². The monoisotopic (exact) mass is 397 g/mol. The van der Waals surface area contributed by atoms with Crippen molar-refractivity contribution in [1.82, 2.24) is 14.9 Å². The molecule has 1 fully saturated rings. The van der Waals surface area contributed by atoms with Crippen molar-refractivity contribution in [3.8, 4) is 5.69 Å². The number of carbonyl (C=O) groups is 1. The van der Waals surface area contributed by atoms with Gasteiger partial charge in [-0.1, -0.05) is 11.6 Å². The number of amides is 1. The molecular formula is C18H12ClF4N3O. The van der Waals surface area contributed by atoms with Crippen molar-refractivity contribution in [3.63, 3.8) is 0 Å². The number of benzene rings is 1. The molecule has 1 aromatic carbocycles. The van der Waals surface area contributed by atoms with Gasteiger partial charge in [0, 0.05) is 30.5 Å². The van der Waals surface area contributed by atoms with Crippen LogP contribution in [0, 0.1) is 11.6 Å². The van der Waals surface area contributed by atoms with E-state index < -0.39 is 47.4 Å². The van der Waals surface area contributed by atoms with E-state index in [1.807, 2.05) is 0 Å². The van der Waals surface area contributed by atoms with E-state index in [1.165, 1.54) is 16.8 Å². The summed E-state index contributed by atoms with van der Waals surface area (Å²) in [5, 5.41) is 2.41. The van der Waals surface area contributed by atoms with Gasteiger partial charge in [-0.15, -0.1) is 0 Å². The Kier molecular flexibility index (Phi) is 4.10. The average Bonchev–Trinajstić information content (AvgIpc) is 2.97. The first-order valence-corrected chi connectivity index (χ1v) is 8.43. The second kappa shape index (κ2) is 6.23. The molecule has 2 aromatic heterocycles. The van der Waals surface area contributed by atoms with Crippen molar-refractivity contribution in [3.05, 3.63) is 58.9 Å². The maximum absolute atomic E-state index is 13.9. The maximum atomic E-state index is 13.9. The van der Waals surface area contributed by atoms with E-state index in [0.717, 1.165) is 12.1 Å². The topological polar surface area (TPSA) is 46.9 Å². The number of nitrogens with zero attached hydrogens (tertiary/aromatic N) is 2. The van der Waals surface area contributed by atoms with Crippen LogP contribution in [0.3, 0.4) is 0 Å². The number of aromatic nitrogens is 2. The zero-order chi connectivity index (χ0) is 19.3. The summed E-state index contributed by atoms with van der Waals surface area (Å²) in [5.74, 6) is -5.40. The first-order chi connectivity index (χ1) is 12.7. The van der Waals surface area contributed by atoms with Crippen molar-refractivity contribution in [2.75, 3.05) is 0 Å². The molecule has 0 radical (unpaired) electrons. The van der Waals surface area contributed by atoms with Crippen molar-refractivity contribution >= 4 is 28.5 Å². The Labute approximate surface area is 155 Å². The van der Waals surface area contributed by atoms with Crippen LogP contribution < -0.4 is 5.32 Å². The Hall–Kier alpha value is -2.61. The number of hydrogen-bond acceptors (Lipinski definition) is 2. The Morgan fingerprint density at radius 1 is 1.22 bits per heavy atom. The largest absolute Gasteiger partial charge is 0.348 e. The third-order valence-corrected chi connectivity index (χ3v) is 4.81. The van der Waals surface area contributed by atoms with Crippen LogP contribution in [0.2, 0.25) is 5.02 Å². The Morgan fingerprint density at radius 2 is 1.89 bits per heavy atom. The van der Waals surface area contributed by atoms with Gasteiger partial charge in [0.05, 0.1) is 5.69 Å². The van der Waals surface area contributed by atoms with E-state index in [0.29, 0.717) is 11.0 Å². The van der Waals surface area contributed by atoms with Crippen LogP contribution in [-0.2, 0) is 0 Å². The van der Waals surface area contributed by atoms with Gasteiger partial charge in [-0.05, 0) is 30.3 Å². The van der Waals surface area contributed by atoms with E-state index in [2.05, 4.69) is 10.3 Å². The molecule has 1 aliphatic carbocycles. The predicted octanol–water partition coefficient (Wildman–Crippen LogP) is 4.48. The Morgan fingerprint density at radius 3 is 2.52 bits per heavy atom. The second-order valence-corrected chi connectivity index (χ2v) is 6.82. The molecule has 0 unspecified atom stereocenters. The highest BCUT2D eigenvalue weighted by atomic mass is 35.5. The number of alkyl halides is 2. The Bertz CT molecular complexity index is 1030. The minimum Gasteiger partial charge on any atom is -0.348 e. The van der Waals surface area contributed by atoms with Crippen LogP contribution in [0.5, 0.6) is 0 Å². The fraction of sp³-hybridized carbons (Fsp3) is 0.222. The van der Waals surface area contributed by atoms with E-state index in [4.69, 9.17) is 11.6 Å². The minimum atomic E-state index is -2.78. The van der Waals surface area contributed by atoms with Crippen LogP contribution in [0.25, 0.3) is 16.7 Å². The first kappa shape index (κ1) is 17.8. The molecule has 0 atom stereocenters. The van der Waals surface area contributed by atoms with Gasteiger partial charge in [-0.25, -0.2) is 22.5 Å². The minimum absolute atomic E-state index is 0.00666. The molecule has 0 aliphatic heterocycles. The normalized spacial score (nSPS) is 16.3. The molecule has 140 valence electrons. The van der Waals surface area contributed by atoms with Crippen molar-refractivity contribution in [1.29, 1.82) is 0 Å². The maximum Gasteiger partial charge on any atom is 0.268 e. The highest BCUT2D eigenvalue weighted by Crippen LogP contribution is 2.37. The van der Waals surface area contributed by atoms with E-state index in [1.54, 1.807) is 12.1 Å². The number of hydrogen-bond donors (Lipinski definition) is 1. The molecule has 0 saturated heterocycles. The molecule has 4 rings (SSSR count). The molecule has 1 amide bonds. The molecule has 1 aliphatic rings. The Balaban J connectivity index is 1.79. The van der Waals surface area contributed by atoms with Crippen molar-refractivity contribution in [2.24, 2.45) is 0 Å². The molecular weight excluding hydrogens is 386 g/mol. The number of carbonyl (C=O) groups excluding carboxylic acids is 1. The van der Waals surface area contributed by atoms with Crippen LogP contribution in [0.1, 0.15) is 23.3 Å². The standard InChI is InChI=1S/C18H12ClF4N3O/c19-15-12(20)5-11(6-13(15)21)26-14(4-9-2-1-3-24-16(9)26)17(27)25-10-7-18(22,23)8-10/h1-6,10H,7-8H2,(H,25,27). The molecule has 3 aromatic rings. The zero-order valence-electron chi connectivity index (χ0n) is 13.6. The second-order valence-electron chi connectivity index (χ2n) is 6.44. The first-order valence-electron chi connectivity index (χ1n) is 8.05. The molecule has 0 spiro atoms. The predicted molar refractivity (Wildman–Crippen MR) is 91.4 cm³/mol. The lowest BCUT2D eigenvalue weighted by Gasteiger charge is -2.35. The molecule has 1 N–H and O–H groups in total. The highest BCUT2D eigenvalue weighted by Gasteiger charge is 2.46. The lowest BCUT2D eigenvalue weighted by molar-refractivity contribution is -0.0901. The number of rotatable bonds is 3. The van der Waals surface area contributed by atoms with E-state index in [9.17, 15) is 22.4 Å². The molecule has 1 saturated carbocycles. The summed E-state index contributed by atoms with van der Waals surface area (Å²) in [6, 6.07) is 6.10. The van der Waals surface area contributed by atoms with Crippen LogP contribution in [0.4, 0.5) is 17.6 Å². The summed E-state index contributed by atoms with van der Waals surface area (Å²) >= 11 is 5.53. The van der Waals surface area contributed by atoms with Gasteiger partial charge in [0.2, 0.25) is 0 Å². The van der Waals surface area contributed by atoms with E-state index >= 15 is 0 Å². The third-order valence-electron chi connectivity index (χ3n) is 4.45. The van der Waals surface area contributed by atoms with Crippen LogP contribution >= 0.6 is 11.6 Å². The van der Waals surface area contributed by atoms with Crippen molar-refractivity contribution < 1.29 is 22.4 Å². The fourth-order valence-electron chi connectivity index (χ4n) is 3.16.